The Hall–Kier alpha value is -0.610. The van der Waals surface area contributed by atoms with Crippen LogP contribution in [0.4, 0.5) is 0 Å². The molecule has 0 amide bonds. The molecule has 1 aliphatic heterocycles. The minimum absolute atomic E-state index is 0.0144. The molecule has 0 spiro atoms. The Balaban J connectivity index is 2.12. The predicted molar refractivity (Wildman–Crippen MR) is 62.7 cm³/mol. The third kappa shape index (κ3) is 2.08. The van der Waals surface area contributed by atoms with Crippen LogP contribution < -0.4 is 0 Å². The van der Waals surface area contributed by atoms with Crippen LogP contribution in [-0.4, -0.2) is 33.0 Å². The average molecular weight is 242 g/mol. The normalized spacial score (nSPS) is 43.1. The number of aliphatic carboxylic acids is 1. The van der Waals surface area contributed by atoms with Crippen molar-refractivity contribution in [1.29, 1.82) is 0 Å². The van der Waals surface area contributed by atoms with Crippen LogP contribution in [0.5, 0.6) is 0 Å². The lowest BCUT2D eigenvalue weighted by atomic mass is 9.60. The smallest absolute Gasteiger partial charge is 0.306 e. The van der Waals surface area contributed by atoms with Crippen LogP contribution in [0.15, 0.2) is 0 Å². The van der Waals surface area contributed by atoms with Gasteiger partial charge in [-0.15, -0.1) is 0 Å². The minimum Gasteiger partial charge on any atom is -0.481 e. The summed E-state index contributed by atoms with van der Waals surface area (Å²) in [6.07, 6.45) is 1.49. The van der Waals surface area contributed by atoms with Gasteiger partial charge in [-0.2, -0.15) is 0 Å². The lowest BCUT2D eigenvalue weighted by molar-refractivity contribution is -0.180. The first kappa shape index (κ1) is 12.8. The van der Waals surface area contributed by atoms with Crippen molar-refractivity contribution in [3.63, 3.8) is 0 Å². The van der Waals surface area contributed by atoms with Gasteiger partial charge in [-0.1, -0.05) is 0 Å². The maximum Gasteiger partial charge on any atom is 0.306 e. The molecule has 1 aliphatic carbocycles. The fourth-order valence-electron chi connectivity index (χ4n) is 3.65. The summed E-state index contributed by atoms with van der Waals surface area (Å²) in [4.78, 5) is 10.8. The first-order chi connectivity index (χ1) is 7.56. The molecule has 0 aromatic rings. The van der Waals surface area contributed by atoms with Gasteiger partial charge in [0, 0.05) is 5.92 Å². The number of hydrogen-bond acceptors (Lipinski definition) is 3. The van der Waals surface area contributed by atoms with E-state index in [4.69, 9.17) is 9.84 Å². The Morgan fingerprint density at radius 3 is 2.06 bits per heavy atom. The van der Waals surface area contributed by atoms with E-state index in [1.807, 2.05) is 27.7 Å². The van der Waals surface area contributed by atoms with Gasteiger partial charge in [0.2, 0.25) is 0 Å². The summed E-state index contributed by atoms with van der Waals surface area (Å²) >= 11 is 0. The van der Waals surface area contributed by atoms with Crippen LogP contribution >= 0.6 is 0 Å². The summed E-state index contributed by atoms with van der Waals surface area (Å²) in [6.45, 7) is 8.01. The summed E-state index contributed by atoms with van der Waals surface area (Å²) in [6, 6.07) is 0. The molecule has 4 nitrogen and oxygen atoms in total. The van der Waals surface area contributed by atoms with E-state index in [-0.39, 0.29) is 23.0 Å². The van der Waals surface area contributed by atoms with Crippen molar-refractivity contribution in [3.8, 4) is 0 Å². The maximum atomic E-state index is 10.8. The molecule has 1 unspecified atom stereocenters. The Kier molecular flexibility index (Phi) is 2.61. The molecule has 1 saturated heterocycles. The van der Waals surface area contributed by atoms with Crippen LogP contribution in [-0.2, 0) is 9.53 Å². The van der Waals surface area contributed by atoms with E-state index in [0.29, 0.717) is 12.8 Å². The number of ether oxygens (including phenoxy) is 1. The standard InChI is InChI=1S/C13H22O4/c1-11(2)7-9(12(3,4)17-11)13(16)5-8(6-13)10(14)15/h8-9,16H,5-7H2,1-4H3,(H,14,15). The van der Waals surface area contributed by atoms with Crippen LogP contribution in [0.25, 0.3) is 0 Å². The number of hydrogen-bond donors (Lipinski definition) is 2. The fourth-order valence-corrected chi connectivity index (χ4v) is 3.65. The molecule has 2 N–H and O–H groups in total. The van der Waals surface area contributed by atoms with Gasteiger partial charge in [-0.05, 0) is 47.0 Å². The van der Waals surface area contributed by atoms with Gasteiger partial charge in [-0.25, -0.2) is 0 Å². The van der Waals surface area contributed by atoms with E-state index in [1.165, 1.54) is 0 Å². The van der Waals surface area contributed by atoms with E-state index in [0.717, 1.165) is 6.42 Å². The quantitative estimate of drug-likeness (QED) is 0.775. The topological polar surface area (TPSA) is 66.8 Å². The van der Waals surface area contributed by atoms with Gasteiger partial charge in [0.05, 0.1) is 22.7 Å². The van der Waals surface area contributed by atoms with E-state index in [1.54, 1.807) is 0 Å². The second-order valence-electron chi connectivity index (χ2n) is 6.77. The van der Waals surface area contributed by atoms with Crippen molar-refractivity contribution in [2.75, 3.05) is 0 Å². The third-order valence-electron chi connectivity index (χ3n) is 4.27. The summed E-state index contributed by atoms with van der Waals surface area (Å²) in [7, 11) is 0. The Morgan fingerprint density at radius 1 is 1.18 bits per heavy atom. The molecule has 0 aromatic carbocycles. The second-order valence-corrected chi connectivity index (χ2v) is 6.77. The van der Waals surface area contributed by atoms with Gasteiger partial charge in [0.1, 0.15) is 0 Å². The van der Waals surface area contributed by atoms with Crippen molar-refractivity contribution in [2.45, 2.75) is 63.8 Å². The molecule has 98 valence electrons. The Bertz CT molecular complexity index is 339. The molecule has 2 rings (SSSR count). The van der Waals surface area contributed by atoms with Gasteiger partial charge in [0.25, 0.3) is 0 Å². The summed E-state index contributed by atoms with van der Waals surface area (Å²) < 4.78 is 5.96. The summed E-state index contributed by atoms with van der Waals surface area (Å²) in [5.41, 5.74) is -1.49. The highest BCUT2D eigenvalue weighted by atomic mass is 16.5. The second kappa shape index (κ2) is 3.45. The molecule has 1 heterocycles. The maximum absolute atomic E-state index is 10.8. The lowest BCUT2D eigenvalue weighted by Crippen LogP contribution is -2.56. The van der Waals surface area contributed by atoms with Crippen molar-refractivity contribution >= 4 is 5.97 Å². The van der Waals surface area contributed by atoms with Crippen molar-refractivity contribution < 1.29 is 19.7 Å². The summed E-state index contributed by atoms with van der Waals surface area (Å²) in [5, 5.41) is 19.5. The van der Waals surface area contributed by atoms with Crippen molar-refractivity contribution in [1.82, 2.24) is 0 Å². The highest BCUT2D eigenvalue weighted by Gasteiger charge is 2.60. The van der Waals surface area contributed by atoms with Gasteiger partial charge >= 0.3 is 5.97 Å². The first-order valence-electron chi connectivity index (χ1n) is 6.21. The molecular formula is C13H22O4. The Morgan fingerprint density at radius 2 is 1.71 bits per heavy atom. The molecular weight excluding hydrogens is 220 g/mol. The predicted octanol–water partition coefficient (Wildman–Crippen LogP) is 1.81. The van der Waals surface area contributed by atoms with Crippen molar-refractivity contribution in [2.24, 2.45) is 11.8 Å². The van der Waals surface area contributed by atoms with E-state index >= 15 is 0 Å². The zero-order chi connectivity index (χ0) is 13.1. The molecule has 17 heavy (non-hydrogen) atoms. The molecule has 2 aliphatic rings. The van der Waals surface area contributed by atoms with Crippen LogP contribution in [0.2, 0.25) is 0 Å². The Labute approximate surface area is 102 Å². The zero-order valence-corrected chi connectivity index (χ0v) is 11.0. The van der Waals surface area contributed by atoms with Gasteiger partial charge in [-0.3, -0.25) is 4.79 Å². The van der Waals surface area contributed by atoms with Crippen LogP contribution in [0.1, 0.15) is 47.0 Å². The molecule has 4 heteroatoms. The highest BCUT2D eigenvalue weighted by Crippen LogP contribution is 2.54. The summed E-state index contributed by atoms with van der Waals surface area (Å²) in [5.74, 6) is -1.18. The lowest BCUT2D eigenvalue weighted by Gasteiger charge is -2.49. The number of rotatable bonds is 2. The zero-order valence-electron chi connectivity index (χ0n) is 11.0. The molecule has 2 fully saturated rings. The number of carboxylic acids is 1. The van der Waals surface area contributed by atoms with E-state index in [9.17, 15) is 9.90 Å². The minimum atomic E-state index is -0.861. The average Bonchev–Trinajstić information content (AvgIpc) is 2.28. The molecule has 1 saturated carbocycles. The highest BCUT2D eigenvalue weighted by molar-refractivity contribution is 5.71. The number of carbonyl (C=O) groups is 1. The van der Waals surface area contributed by atoms with Gasteiger partial charge in [0.15, 0.2) is 0 Å². The molecule has 0 radical (unpaired) electrons. The fraction of sp³-hybridized carbons (Fsp3) is 0.923. The molecule has 0 aromatic heterocycles. The number of carboxylic acid groups (broad SMARTS) is 1. The molecule has 0 bridgehead atoms. The molecule has 1 atom stereocenters. The number of aliphatic hydroxyl groups is 1. The van der Waals surface area contributed by atoms with Crippen LogP contribution in [0.3, 0.4) is 0 Å². The van der Waals surface area contributed by atoms with E-state index < -0.39 is 11.6 Å². The third-order valence-corrected chi connectivity index (χ3v) is 4.27. The largest absolute Gasteiger partial charge is 0.481 e. The first-order valence-corrected chi connectivity index (χ1v) is 6.21. The SMILES string of the molecule is CC1(C)CC(C2(O)CC(C(=O)O)C2)C(C)(C)O1. The van der Waals surface area contributed by atoms with E-state index in [2.05, 4.69) is 0 Å². The monoisotopic (exact) mass is 242 g/mol. The van der Waals surface area contributed by atoms with Crippen molar-refractivity contribution in [3.05, 3.63) is 0 Å². The van der Waals surface area contributed by atoms with Crippen LogP contribution in [0, 0.1) is 11.8 Å². The van der Waals surface area contributed by atoms with Gasteiger partial charge < -0.3 is 14.9 Å².